The number of fused-ring (bicyclic) bond motifs is 15. The molecular formula is C60H76O4P2Si. The topological polar surface area (TPSA) is 44.7 Å². The van der Waals surface area contributed by atoms with Crippen LogP contribution in [0.4, 0.5) is 0 Å². The molecule has 4 fully saturated rings. The first kappa shape index (κ1) is 44.9. The van der Waals surface area contributed by atoms with Gasteiger partial charge in [0.25, 0.3) is 0 Å². The van der Waals surface area contributed by atoms with Crippen molar-refractivity contribution in [3.63, 3.8) is 0 Å². The van der Waals surface area contributed by atoms with Gasteiger partial charge in [-0.05, 0) is 203 Å². The molecule has 0 amide bonds. The van der Waals surface area contributed by atoms with E-state index in [1.165, 1.54) is 153 Å². The maximum absolute atomic E-state index is 7.41. The molecule has 6 aromatic rings. The summed E-state index contributed by atoms with van der Waals surface area (Å²) in [5.74, 6) is 3.27. The zero-order valence-electron chi connectivity index (χ0n) is 41.8. The van der Waals surface area contributed by atoms with Crippen molar-refractivity contribution in [1.82, 2.24) is 0 Å². The third-order valence-electron chi connectivity index (χ3n) is 19.5. The summed E-state index contributed by atoms with van der Waals surface area (Å²) in [6, 6.07) is 26.2. The zero-order valence-corrected chi connectivity index (χ0v) is 44.6. The Balaban J connectivity index is 1.07. The number of hydrogen-bond donors (Lipinski definition) is 0. The van der Waals surface area contributed by atoms with E-state index in [1.54, 1.807) is 22.3 Å². The van der Waals surface area contributed by atoms with Crippen LogP contribution in [-0.2, 0) is 12.8 Å². The smallest absolute Gasteiger partial charge is 0.453 e. The minimum Gasteiger partial charge on any atom is -0.543 e. The second kappa shape index (κ2) is 17.0. The summed E-state index contributed by atoms with van der Waals surface area (Å²) in [5.41, 5.74) is 10.4. The van der Waals surface area contributed by atoms with Crippen LogP contribution in [0.5, 0.6) is 11.5 Å². The van der Waals surface area contributed by atoms with Gasteiger partial charge >= 0.3 is 8.24 Å². The van der Waals surface area contributed by atoms with Crippen LogP contribution in [0.25, 0.3) is 43.5 Å². The van der Waals surface area contributed by atoms with E-state index in [0.29, 0.717) is 34.0 Å². The van der Waals surface area contributed by atoms with Crippen LogP contribution in [0, 0.1) is 10.8 Å². The average Bonchev–Trinajstić information content (AvgIpc) is 3.88. The van der Waals surface area contributed by atoms with Crippen molar-refractivity contribution in [3.05, 3.63) is 89.0 Å². The predicted molar refractivity (Wildman–Crippen MR) is 288 cm³/mol. The molecular weight excluding hydrogens is 875 g/mol. The lowest BCUT2D eigenvalue weighted by atomic mass is 9.66. The van der Waals surface area contributed by atoms with Gasteiger partial charge < -0.3 is 17.3 Å². The van der Waals surface area contributed by atoms with Crippen LogP contribution in [0.15, 0.2) is 75.1 Å². The molecule has 12 rings (SSSR count). The van der Waals surface area contributed by atoms with E-state index in [4.69, 9.17) is 17.3 Å². The first-order valence-corrected chi connectivity index (χ1v) is 32.4. The van der Waals surface area contributed by atoms with E-state index in [2.05, 4.69) is 114 Å². The second-order valence-corrected chi connectivity index (χ2v) is 33.0. The van der Waals surface area contributed by atoms with Gasteiger partial charge in [-0.1, -0.05) is 130 Å². The summed E-state index contributed by atoms with van der Waals surface area (Å²) in [5, 5.41) is 9.23. The summed E-state index contributed by atoms with van der Waals surface area (Å²) in [4.78, 5) is 0. The molecule has 1 heterocycles. The monoisotopic (exact) mass is 950 g/mol. The number of aryl methyl sites for hydroxylation is 2. The number of rotatable bonds is 7. The van der Waals surface area contributed by atoms with Crippen LogP contribution in [0.3, 0.4) is 0 Å². The van der Waals surface area contributed by atoms with E-state index in [-0.39, 0.29) is 5.04 Å². The van der Waals surface area contributed by atoms with E-state index in [0.717, 1.165) is 35.5 Å². The van der Waals surface area contributed by atoms with Crippen molar-refractivity contribution >= 4 is 73.3 Å². The highest BCUT2D eigenvalue weighted by molar-refractivity contribution is 7.67. The molecule has 4 saturated carbocycles. The molecule has 0 bridgehead atoms. The Kier molecular flexibility index (Phi) is 11.4. The highest BCUT2D eigenvalue weighted by Gasteiger charge is 2.45. The summed E-state index contributed by atoms with van der Waals surface area (Å²) >= 11 is 0. The molecule has 4 nitrogen and oxygen atoms in total. The predicted octanol–water partition coefficient (Wildman–Crippen LogP) is 19.0. The van der Waals surface area contributed by atoms with Crippen LogP contribution in [0.2, 0.25) is 18.1 Å². The van der Waals surface area contributed by atoms with Crippen LogP contribution in [0.1, 0.15) is 184 Å². The van der Waals surface area contributed by atoms with E-state index < -0.39 is 24.5 Å². The molecule has 67 heavy (non-hydrogen) atoms. The van der Waals surface area contributed by atoms with Gasteiger partial charge in [-0.3, -0.25) is 0 Å². The average molecular weight is 951 g/mol. The van der Waals surface area contributed by atoms with Gasteiger partial charge in [-0.25, -0.2) is 0 Å². The fraction of sp³-hybridized carbons (Fsp3) is 0.567. The molecule has 6 aliphatic rings. The molecule has 0 N–H and O–H groups in total. The molecule has 0 radical (unpaired) electrons. The summed E-state index contributed by atoms with van der Waals surface area (Å²) in [6.45, 7) is 16.9. The minimum absolute atomic E-state index is 0.104. The molecule has 6 aliphatic carbocycles. The molecule has 0 spiro atoms. The van der Waals surface area contributed by atoms with Crippen LogP contribution >= 0.6 is 16.2 Å². The molecule has 0 unspecified atom stereocenters. The Morgan fingerprint density at radius 1 is 0.582 bits per heavy atom. The third kappa shape index (κ3) is 7.68. The Morgan fingerprint density at radius 3 is 1.57 bits per heavy atom. The van der Waals surface area contributed by atoms with Crippen LogP contribution in [-0.4, -0.2) is 19.6 Å². The van der Waals surface area contributed by atoms with Gasteiger partial charge in [0.1, 0.15) is 22.7 Å². The molecule has 4 atom stereocenters. The zero-order chi connectivity index (χ0) is 45.9. The lowest BCUT2D eigenvalue weighted by Gasteiger charge is -2.40. The Labute approximate surface area is 404 Å². The standard InChI is InChI=1S/C60H76O4P2Si/c1-58(2,3)67(6,7)64-39-22-29-52(55(38-39)65(40-16-10-8-11-17-40)41-18-12-9-13-19-41)61-66-62-53-30-27-42-44-32-36-59(4)34-14-20-50(59)46(44)23-25-48(42)56(53)57-49-26-24-47-45(43(49)28-31-54(57)63-66)33-37-60(5)35-15-21-51(47)60/h22-31,38,40-41,50-51H,8-21,32-37H2,1-7H3/t50-,51-,59-,60-/m0/s1. The summed E-state index contributed by atoms with van der Waals surface area (Å²) < 4.78 is 29.1. The molecule has 1 aromatic heterocycles. The lowest BCUT2D eigenvalue weighted by molar-refractivity contribution is 0.253. The van der Waals surface area contributed by atoms with Crippen LogP contribution < -0.4 is 14.3 Å². The molecule has 5 aromatic carbocycles. The first-order chi connectivity index (χ1) is 32.3. The maximum atomic E-state index is 7.41. The fourth-order valence-electron chi connectivity index (χ4n) is 14.7. The van der Waals surface area contributed by atoms with Crippen molar-refractivity contribution in [3.8, 4) is 11.5 Å². The van der Waals surface area contributed by atoms with Crippen molar-refractivity contribution < 1.29 is 17.3 Å². The first-order valence-electron chi connectivity index (χ1n) is 26.9. The minimum atomic E-state index is -2.09. The summed E-state index contributed by atoms with van der Waals surface area (Å²) in [6.07, 6.45) is 26.3. The Morgan fingerprint density at radius 2 is 1.07 bits per heavy atom. The van der Waals surface area contributed by atoms with Crippen molar-refractivity contribution in [1.29, 1.82) is 0 Å². The van der Waals surface area contributed by atoms with E-state index in [1.807, 2.05) is 0 Å². The highest BCUT2D eigenvalue weighted by Crippen LogP contribution is 2.60. The van der Waals surface area contributed by atoms with Gasteiger partial charge in [0.05, 0.1) is 0 Å². The Bertz CT molecular complexity index is 2780. The van der Waals surface area contributed by atoms with Gasteiger partial charge in [-0.2, -0.15) is 0 Å². The largest absolute Gasteiger partial charge is 0.543 e. The van der Waals surface area contributed by atoms with Gasteiger partial charge in [-0.15, -0.1) is 0 Å². The quantitative estimate of drug-likeness (QED) is 0.118. The Hall–Kier alpha value is -3.23. The van der Waals surface area contributed by atoms with Crippen molar-refractivity contribution in [2.24, 2.45) is 10.8 Å². The third-order valence-corrected chi connectivity index (χ3v) is 28.4. The normalized spacial score (nSPS) is 26.0. The molecule has 0 aliphatic heterocycles. The fourth-order valence-corrected chi connectivity index (χ4v) is 20.8. The second-order valence-electron chi connectivity index (χ2n) is 24.5. The maximum Gasteiger partial charge on any atom is 0.453 e. The van der Waals surface area contributed by atoms with E-state index in [9.17, 15) is 0 Å². The number of benzene rings is 5. The molecule has 354 valence electrons. The SMILES string of the molecule is CC(C)(C)[Si](C)(C)Oc1ccc(Op2oc3ccc4c5c(ccc4c3c3c(ccc4c6c(ccc43)[C@@H]3CCC[C@@]3(C)CC6)o2)[C@@H]2CCC[C@@]2(C)CC5)c(P(C2CCCCC2)C2CCCCC2)c1. The molecule has 7 heteroatoms. The lowest BCUT2D eigenvalue weighted by Crippen LogP contribution is -2.44. The number of hydrogen-bond acceptors (Lipinski definition) is 4. The van der Waals surface area contributed by atoms with Gasteiger partial charge in [0.2, 0.25) is 8.32 Å². The van der Waals surface area contributed by atoms with Crippen molar-refractivity contribution in [2.45, 2.75) is 204 Å². The molecule has 0 saturated heterocycles. The summed E-state index contributed by atoms with van der Waals surface area (Å²) in [7, 11) is -4.45. The van der Waals surface area contributed by atoms with Crippen molar-refractivity contribution in [2.75, 3.05) is 0 Å². The van der Waals surface area contributed by atoms with Gasteiger partial charge in [0.15, 0.2) is 0 Å². The highest BCUT2D eigenvalue weighted by atomic mass is 31.1. The van der Waals surface area contributed by atoms with E-state index >= 15 is 0 Å². The van der Waals surface area contributed by atoms with Gasteiger partial charge in [0, 0.05) is 16.1 Å².